The molecule has 1 heterocycles. The van der Waals surface area contributed by atoms with Crippen LogP contribution in [0.3, 0.4) is 0 Å². The van der Waals surface area contributed by atoms with Crippen molar-refractivity contribution in [2.75, 3.05) is 24.7 Å². The number of rotatable bonds is 3. The zero-order valence-electron chi connectivity index (χ0n) is 11.8. The Hall–Kier alpha value is -1.30. The summed E-state index contributed by atoms with van der Waals surface area (Å²) < 4.78 is 0. The maximum absolute atomic E-state index is 12.3. The standard InChI is InChI=1S/C13H22N4OS/c1-13(7-5-4-6-8-13)16-11(18)9-10(14)15-12(19-9)17(2)3/h4-8,14H2,1-3H3,(H,16,18). The van der Waals surface area contributed by atoms with E-state index in [4.69, 9.17) is 5.73 Å². The fourth-order valence-electron chi connectivity index (χ4n) is 2.46. The number of thiazole rings is 1. The number of nitrogens with two attached hydrogens (primary N) is 1. The lowest BCUT2D eigenvalue weighted by molar-refractivity contribution is 0.0887. The summed E-state index contributed by atoms with van der Waals surface area (Å²) in [5, 5.41) is 3.90. The maximum Gasteiger partial charge on any atom is 0.265 e. The van der Waals surface area contributed by atoms with Crippen molar-refractivity contribution in [2.24, 2.45) is 0 Å². The van der Waals surface area contributed by atoms with Gasteiger partial charge in [0.2, 0.25) is 0 Å². The van der Waals surface area contributed by atoms with Gasteiger partial charge in [-0.25, -0.2) is 4.98 Å². The molecule has 6 heteroatoms. The number of hydrogen-bond acceptors (Lipinski definition) is 5. The molecule has 106 valence electrons. The van der Waals surface area contributed by atoms with Crippen molar-refractivity contribution in [1.29, 1.82) is 0 Å². The molecule has 1 amide bonds. The SMILES string of the molecule is CN(C)c1nc(N)c(C(=O)NC2(C)CCCCC2)s1. The van der Waals surface area contributed by atoms with E-state index in [1.165, 1.54) is 30.6 Å². The Morgan fingerprint density at radius 3 is 2.53 bits per heavy atom. The van der Waals surface area contributed by atoms with Gasteiger partial charge in [0.1, 0.15) is 10.7 Å². The van der Waals surface area contributed by atoms with E-state index in [9.17, 15) is 4.79 Å². The Morgan fingerprint density at radius 2 is 2.00 bits per heavy atom. The van der Waals surface area contributed by atoms with Crippen molar-refractivity contribution in [1.82, 2.24) is 10.3 Å². The fourth-order valence-corrected chi connectivity index (χ4v) is 3.27. The summed E-state index contributed by atoms with van der Waals surface area (Å²) in [7, 11) is 3.78. The second-order valence-corrected chi connectivity index (χ2v) is 6.66. The Balaban J connectivity index is 2.11. The van der Waals surface area contributed by atoms with Gasteiger partial charge in [0.25, 0.3) is 5.91 Å². The van der Waals surface area contributed by atoms with Gasteiger partial charge in [-0.2, -0.15) is 0 Å². The van der Waals surface area contributed by atoms with Crippen molar-refractivity contribution in [3.05, 3.63) is 4.88 Å². The molecule has 1 aliphatic carbocycles. The smallest absolute Gasteiger partial charge is 0.265 e. The quantitative estimate of drug-likeness (QED) is 0.892. The van der Waals surface area contributed by atoms with Gasteiger partial charge in [0.05, 0.1) is 0 Å². The van der Waals surface area contributed by atoms with Crippen molar-refractivity contribution in [3.8, 4) is 0 Å². The van der Waals surface area contributed by atoms with E-state index >= 15 is 0 Å². The number of nitrogens with zero attached hydrogens (tertiary/aromatic N) is 2. The molecule has 0 aromatic carbocycles. The van der Waals surface area contributed by atoms with Crippen LogP contribution in [0.4, 0.5) is 10.9 Å². The van der Waals surface area contributed by atoms with Crippen LogP contribution in [-0.2, 0) is 0 Å². The number of carbonyl (C=O) groups excluding carboxylic acids is 1. The minimum absolute atomic E-state index is 0.0903. The lowest BCUT2D eigenvalue weighted by atomic mass is 9.83. The van der Waals surface area contributed by atoms with Crippen LogP contribution >= 0.6 is 11.3 Å². The maximum atomic E-state index is 12.3. The van der Waals surface area contributed by atoms with Crippen LogP contribution in [-0.4, -0.2) is 30.5 Å². The third-order valence-corrected chi connectivity index (χ3v) is 4.84. The summed E-state index contributed by atoms with van der Waals surface area (Å²) in [6.07, 6.45) is 5.70. The van der Waals surface area contributed by atoms with Crippen LogP contribution in [0.2, 0.25) is 0 Å². The van der Waals surface area contributed by atoms with E-state index in [1.807, 2.05) is 19.0 Å². The molecule has 19 heavy (non-hydrogen) atoms. The van der Waals surface area contributed by atoms with Crippen LogP contribution < -0.4 is 16.0 Å². The highest BCUT2D eigenvalue weighted by atomic mass is 32.1. The summed E-state index contributed by atoms with van der Waals surface area (Å²) in [6, 6.07) is 0. The van der Waals surface area contributed by atoms with Gasteiger partial charge < -0.3 is 16.0 Å². The number of nitrogen functional groups attached to an aromatic ring is 1. The molecule has 0 unspecified atom stereocenters. The Morgan fingerprint density at radius 1 is 1.37 bits per heavy atom. The van der Waals surface area contributed by atoms with E-state index < -0.39 is 0 Å². The second-order valence-electron chi connectivity index (χ2n) is 5.68. The molecule has 5 nitrogen and oxygen atoms in total. The van der Waals surface area contributed by atoms with E-state index in [-0.39, 0.29) is 11.4 Å². The third kappa shape index (κ3) is 3.18. The summed E-state index contributed by atoms with van der Waals surface area (Å²) in [5.74, 6) is 0.234. The monoisotopic (exact) mass is 282 g/mol. The summed E-state index contributed by atoms with van der Waals surface area (Å²) >= 11 is 1.34. The molecule has 0 radical (unpaired) electrons. The summed E-state index contributed by atoms with van der Waals surface area (Å²) in [6.45, 7) is 2.12. The molecule has 0 spiro atoms. The predicted octanol–water partition coefficient (Wildman–Crippen LogP) is 2.24. The molecule has 2 rings (SSSR count). The molecular formula is C13H22N4OS. The third-order valence-electron chi connectivity index (χ3n) is 3.60. The minimum atomic E-state index is -0.0932. The van der Waals surface area contributed by atoms with Crippen LogP contribution in [0.5, 0.6) is 0 Å². The van der Waals surface area contributed by atoms with E-state index in [0.717, 1.165) is 18.0 Å². The lowest BCUT2D eigenvalue weighted by Gasteiger charge is -2.34. The molecule has 0 atom stereocenters. The van der Waals surface area contributed by atoms with Crippen LogP contribution in [0.15, 0.2) is 0 Å². The molecule has 0 aliphatic heterocycles. The molecule has 1 aromatic heterocycles. The average Bonchev–Trinajstić information content (AvgIpc) is 2.72. The zero-order chi connectivity index (χ0) is 14.0. The van der Waals surface area contributed by atoms with Crippen molar-refractivity contribution >= 4 is 28.2 Å². The number of anilines is 2. The topological polar surface area (TPSA) is 71.2 Å². The molecule has 1 fully saturated rings. The van der Waals surface area contributed by atoms with E-state index in [2.05, 4.69) is 17.2 Å². The molecule has 1 aromatic rings. The van der Waals surface area contributed by atoms with Crippen LogP contribution in [0.1, 0.15) is 48.7 Å². The normalized spacial score (nSPS) is 18.1. The van der Waals surface area contributed by atoms with Crippen LogP contribution in [0.25, 0.3) is 0 Å². The van der Waals surface area contributed by atoms with Crippen LogP contribution in [0, 0.1) is 0 Å². The molecule has 1 saturated carbocycles. The highest BCUT2D eigenvalue weighted by Crippen LogP contribution is 2.30. The highest BCUT2D eigenvalue weighted by molar-refractivity contribution is 7.18. The van der Waals surface area contributed by atoms with Gasteiger partial charge in [-0.1, -0.05) is 30.6 Å². The number of hydrogen-bond donors (Lipinski definition) is 2. The molecule has 0 saturated heterocycles. The summed E-state index contributed by atoms with van der Waals surface area (Å²) in [5.41, 5.74) is 5.75. The zero-order valence-corrected chi connectivity index (χ0v) is 12.6. The van der Waals surface area contributed by atoms with Gasteiger partial charge >= 0.3 is 0 Å². The Kier molecular flexibility index (Phi) is 3.99. The first kappa shape index (κ1) is 14.1. The first-order valence-corrected chi connectivity index (χ1v) is 7.49. The lowest BCUT2D eigenvalue weighted by Crippen LogP contribution is -2.47. The fraction of sp³-hybridized carbons (Fsp3) is 0.692. The Labute approximate surface area is 118 Å². The first-order valence-electron chi connectivity index (χ1n) is 6.67. The van der Waals surface area contributed by atoms with Gasteiger partial charge in [-0.15, -0.1) is 0 Å². The molecule has 3 N–H and O–H groups in total. The number of carbonyl (C=O) groups is 1. The molecule has 1 aliphatic rings. The molecule has 0 bridgehead atoms. The largest absolute Gasteiger partial charge is 0.382 e. The molecular weight excluding hydrogens is 260 g/mol. The van der Waals surface area contributed by atoms with Gasteiger partial charge in [-0.05, 0) is 19.8 Å². The van der Waals surface area contributed by atoms with Gasteiger partial charge in [0, 0.05) is 19.6 Å². The second kappa shape index (κ2) is 5.36. The Bertz CT molecular complexity index is 463. The highest BCUT2D eigenvalue weighted by Gasteiger charge is 2.30. The van der Waals surface area contributed by atoms with Crippen molar-refractivity contribution < 1.29 is 4.79 Å². The van der Waals surface area contributed by atoms with E-state index in [1.54, 1.807) is 0 Å². The van der Waals surface area contributed by atoms with Crippen molar-refractivity contribution in [3.63, 3.8) is 0 Å². The van der Waals surface area contributed by atoms with Gasteiger partial charge in [-0.3, -0.25) is 4.79 Å². The minimum Gasteiger partial charge on any atom is -0.382 e. The first-order chi connectivity index (χ1) is 8.91. The number of amides is 1. The van der Waals surface area contributed by atoms with Gasteiger partial charge in [0.15, 0.2) is 5.13 Å². The average molecular weight is 282 g/mol. The van der Waals surface area contributed by atoms with E-state index in [0.29, 0.717) is 10.7 Å². The van der Waals surface area contributed by atoms with Crippen molar-refractivity contribution in [2.45, 2.75) is 44.6 Å². The summed E-state index contributed by atoms with van der Waals surface area (Å²) in [4.78, 5) is 18.9. The number of aromatic nitrogens is 1. The predicted molar refractivity (Wildman–Crippen MR) is 79.8 cm³/mol. The number of nitrogens with one attached hydrogen (secondary N) is 1.